The van der Waals surface area contributed by atoms with E-state index in [0.717, 1.165) is 4.31 Å². The predicted octanol–water partition coefficient (Wildman–Crippen LogP) is 6.28. The molecular formula is C28H30BrCl2N3O4S. The van der Waals surface area contributed by atoms with Crippen LogP contribution in [0.4, 0.5) is 5.69 Å². The molecule has 0 aliphatic carbocycles. The fraction of sp³-hybridized carbons (Fsp3) is 0.286. The Morgan fingerprint density at radius 1 is 0.974 bits per heavy atom. The fourth-order valence-electron chi connectivity index (χ4n) is 3.77. The molecule has 3 aromatic carbocycles. The Morgan fingerprint density at radius 2 is 1.64 bits per heavy atom. The van der Waals surface area contributed by atoms with Crippen molar-refractivity contribution in [3.63, 3.8) is 0 Å². The lowest BCUT2D eigenvalue weighted by Gasteiger charge is -2.33. The van der Waals surface area contributed by atoms with Gasteiger partial charge in [0.05, 0.1) is 10.6 Å². The van der Waals surface area contributed by atoms with Crippen LogP contribution in [0.3, 0.4) is 0 Å². The first-order valence-corrected chi connectivity index (χ1v) is 15.1. The summed E-state index contributed by atoms with van der Waals surface area (Å²) in [6.45, 7) is 6.51. The minimum atomic E-state index is -4.14. The number of benzene rings is 3. The maximum atomic E-state index is 13.9. The number of hydrogen-bond donors (Lipinski definition) is 1. The highest BCUT2D eigenvalue weighted by Gasteiger charge is 2.33. The largest absolute Gasteiger partial charge is 0.350 e. The lowest BCUT2D eigenvalue weighted by atomic mass is 10.1. The maximum Gasteiger partial charge on any atom is 0.264 e. The molecule has 3 aromatic rings. The van der Waals surface area contributed by atoms with E-state index < -0.39 is 34.1 Å². The summed E-state index contributed by atoms with van der Waals surface area (Å²) in [5.74, 6) is -0.974. The third kappa shape index (κ3) is 8.20. The van der Waals surface area contributed by atoms with E-state index in [0.29, 0.717) is 20.1 Å². The third-order valence-corrected chi connectivity index (χ3v) is 8.60. The van der Waals surface area contributed by atoms with Crippen molar-refractivity contribution in [2.75, 3.05) is 10.8 Å². The third-order valence-electron chi connectivity index (χ3n) is 5.73. The summed E-state index contributed by atoms with van der Waals surface area (Å²) >= 11 is 15.8. The van der Waals surface area contributed by atoms with E-state index in [2.05, 4.69) is 21.2 Å². The highest BCUT2D eigenvalue weighted by molar-refractivity contribution is 9.10. The van der Waals surface area contributed by atoms with Crippen molar-refractivity contribution in [1.29, 1.82) is 0 Å². The second-order valence-corrected chi connectivity index (χ2v) is 13.6. The van der Waals surface area contributed by atoms with Crippen molar-refractivity contribution in [3.8, 4) is 0 Å². The summed E-state index contributed by atoms with van der Waals surface area (Å²) in [5, 5.41) is 3.64. The molecule has 0 fully saturated rings. The van der Waals surface area contributed by atoms with Crippen molar-refractivity contribution in [2.45, 2.75) is 50.7 Å². The normalized spacial score (nSPS) is 12.5. The van der Waals surface area contributed by atoms with Gasteiger partial charge in [-0.15, -0.1) is 0 Å². The Morgan fingerprint density at radius 3 is 2.23 bits per heavy atom. The van der Waals surface area contributed by atoms with Crippen molar-refractivity contribution in [2.24, 2.45) is 0 Å². The van der Waals surface area contributed by atoms with E-state index in [4.69, 9.17) is 23.2 Å². The quantitative estimate of drug-likeness (QED) is 0.294. The molecular weight excluding hydrogens is 625 g/mol. The van der Waals surface area contributed by atoms with Gasteiger partial charge in [0.15, 0.2) is 0 Å². The topological polar surface area (TPSA) is 86.8 Å². The number of hydrogen-bond acceptors (Lipinski definition) is 4. The van der Waals surface area contributed by atoms with E-state index in [1.165, 1.54) is 17.0 Å². The van der Waals surface area contributed by atoms with E-state index in [1.807, 2.05) is 20.8 Å². The number of carbonyl (C=O) groups is 2. The van der Waals surface area contributed by atoms with Crippen LogP contribution in [-0.2, 0) is 26.2 Å². The molecule has 0 saturated heterocycles. The molecule has 1 atom stereocenters. The molecule has 1 N–H and O–H groups in total. The maximum absolute atomic E-state index is 13.9. The average Bonchev–Trinajstić information content (AvgIpc) is 2.85. The van der Waals surface area contributed by atoms with Gasteiger partial charge in [-0.3, -0.25) is 13.9 Å². The van der Waals surface area contributed by atoms with Crippen LogP contribution in [0.5, 0.6) is 0 Å². The number of carbonyl (C=O) groups excluding carboxylic acids is 2. The molecule has 0 aromatic heterocycles. The van der Waals surface area contributed by atoms with Gasteiger partial charge in [0.2, 0.25) is 11.8 Å². The number of sulfonamides is 1. The van der Waals surface area contributed by atoms with Gasteiger partial charge in [-0.2, -0.15) is 0 Å². The summed E-state index contributed by atoms with van der Waals surface area (Å²) in [7, 11) is -4.14. The van der Waals surface area contributed by atoms with Crippen LogP contribution in [0.15, 0.2) is 82.2 Å². The molecule has 0 spiro atoms. The molecule has 0 saturated carbocycles. The second-order valence-electron chi connectivity index (χ2n) is 9.98. The number of nitrogens with zero attached hydrogens (tertiary/aromatic N) is 2. The SMILES string of the molecule is C[C@@H](C(=O)NC(C)(C)C)N(Cc1ccc(Cl)cc1Cl)C(=O)CN(c1cccc(Br)c1)S(=O)(=O)c1ccccc1. The Labute approximate surface area is 248 Å². The number of amides is 2. The molecule has 208 valence electrons. The Balaban J connectivity index is 2.05. The first-order valence-electron chi connectivity index (χ1n) is 12.1. The van der Waals surface area contributed by atoms with Crippen molar-refractivity contribution in [1.82, 2.24) is 10.2 Å². The van der Waals surface area contributed by atoms with Gasteiger partial charge in [0, 0.05) is 26.6 Å². The van der Waals surface area contributed by atoms with Crippen LogP contribution in [0.2, 0.25) is 10.0 Å². The zero-order chi connectivity index (χ0) is 29.0. The molecule has 2 amide bonds. The van der Waals surface area contributed by atoms with E-state index >= 15 is 0 Å². The summed E-state index contributed by atoms with van der Waals surface area (Å²) in [6, 6.07) is 18.5. The van der Waals surface area contributed by atoms with Gasteiger partial charge in [-0.25, -0.2) is 8.42 Å². The van der Waals surface area contributed by atoms with E-state index in [9.17, 15) is 18.0 Å². The summed E-state index contributed by atoms with van der Waals surface area (Å²) in [6.07, 6.45) is 0. The molecule has 0 aliphatic heterocycles. The number of anilines is 1. The Kier molecular flexibility index (Phi) is 10.1. The summed E-state index contributed by atoms with van der Waals surface area (Å²) in [5.41, 5.74) is 0.305. The minimum Gasteiger partial charge on any atom is -0.350 e. The fourth-order valence-corrected chi connectivity index (χ4v) is 6.05. The number of nitrogens with one attached hydrogen (secondary N) is 1. The molecule has 0 heterocycles. The van der Waals surface area contributed by atoms with Crippen LogP contribution >= 0.6 is 39.1 Å². The zero-order valence-electron chi connectivity index (χ0n) is 22.0. The molecule has 3 rings (SSSR count). The molecule has 7 nitrogen and oxygen atoms in total. The molecule has 11 heteroatoms. The summed E-state index contributed by atoms with van der Waals surface area (Å²) < 4.78 is 29.2. The van der Waals surface area contributed by atoms with Crippen LogP contribution in [0.1, 0.15) is 33.3 Å². The van der Waals surface area contributed by atoms with Crippen molar-refractivity contribution < 1.29 is 18.0 Å². The highest BCUT2D eigenvalue weighted by Crippen LogP contribution is 2.28. The second kappa shape index (κ2) is 12.7. The summed E-state index contributed by atoms with van der Waals surface area (Å²) in [4.78, 5) is 28.5. The number of halogens is 3. The first kappa shape index (κ1) is 30.9. The molecule has 0 bridgehead atoms. The van der Waals surface area contributed by atoms with Gasteiger partial charge in [0.1, 0.15) is 12.6 Å². The molecule has 39 heavy (non-hydrogen) atoms. The first-order chi connectivity index (χ1) is 18.2. The van der Waals surface area contributed by atoms with Gasteiger partial charge in [-0.05, 0) is 75.7 Å². The van der Waals surface area contributed by atoms with Crippen LogP contribution < -0.4 is 9.62 Å². The lowest BCUT2D eigenvalue weighted by Crippen LogP contribution is -2.54. The molecule has 0 unspecified atom stereocenters. The van der Waals surface area contributed by atoms with Gasteiger partial charge in [-0.1, -0.05) is 69.5 Å². The lowest BCUT2D eigenvalue weighted by molar-refractivity contribution is -0.140. The average molecular weight is 655 g/mol. The Hall–Kier alpha value is -2.59. The van der Waals surface area contributed by atoms with Gasteiger partial charge >= 0.3 is 0 Å². The highest BCUT2D eigenvalue weighted by atomic mass is 79.9. The zero-order valence-corrected chi connectivity index (χ0v) is 25.9. The number of rotatable bonds is 9. The van der Waals surface area contributed by atoms with Gasteiger partial charge < -0.3 is 10.2 Å². The van der Waals surface area contributed by atoms with Crippen LogP contribution in [0, 0.1) is 0 Å². The Bertz CT molecular complexity index is 1450. The van der Waals surface area contributed by atoms with E-state index in [-0.39, 0.29) is 23.0 Å². The minimum absolute atomic E-state index is 0.0311. The smallest absolute Gasteiger partial charge is 0.264 e. The predicted molar refractivity (Wildman–Crippen MR) is 159 cm³/mol. The van der Waals surface area contributed by atoms with Crippen LogP contribution in [-0.4, -0.2) is 43.3 Å². The van der Waals surface area contributed by atoms with Crippen LogP contribution in [0.25, 0.3) is 0 Å². The molecule has 0 aliphatic rings. The van der Waals surface area contributed by atoms with Gasteiger partial charge in [0.25, 0.3) is 10.0 Å². The monoisotopic (exact) mass is 653 g/mol. The van der Waals surface area contributed by atoms with Crippen molar-refractivity contribution >= 4 is 66.7 Å². The van der Waals surface area contributed by atoms with Crippen molar-refractivity contribution in [3.05, 3.63) is 92.9 Å². The van der Waals surface area contributed by atoms with E-state index in [1.54, 1.807) is 67.6 Å². The standard InChI is InChI=1S/C28H30BrCl2N3O4S/c1-19(27(36)32-28(2,3)4)33(17-20-13-14-22(30)16-25(20)31)26(35)18-34(23-10-8-9-21(29)15-23)39(37,38)24-11-6-5-7-12-24/h5-16,19H,17-18H2,1-4H3,(H,32,36)/t19-/m0/s1. The molecule has 0 radical (unpaired) electrons.